The van der Waals surface area contributed by atoms with Gasteiger partial charge in [0.25, 0.3) is 0 Å². The number of unbranched alkanes of at least 4 members (excludes halogenated alkanes) is 4. The number of hydrogen-bond acceptors (Lipinski definition) is 2. The van der Waals surface area contributed by atoms with Crippen molar-refractivity contribution in [3.63, 3.8) is 0 Å². The van der Waals surface area contributed by atoms with E-state index in [1.807, 2.05) is 0 Å². The molecule has 2 rings (SSSR count). The van der Waals surface area contributed by atoms with E-state index in [-0.39, 0.29) is 0 Å². The smallest absolute Gasteiger partial charge is 0.114 e. The quantitative estimate of drug-likeness (QED) is 0.519. The number of alkyl halides is 1. The molecule has 1 unspecified atom stereocenters. The molecule has 2 nitrogen and oxygen atoms in total. The molecule has 2 heterocycles. The Bertz CT molecular complexity index is 291. The minimum Gasteiger partial charge on any atom is -0.300 e. The van der Waals surface area contributed by atoms with Crippen molar-refractivity contribution < 1.29 is 4.39 Å². The Kier molecular flexibility index (Phi) is 8.16. The van der Waals surface area contributed by atoms with Crippen LogP contribution in [0.4, 0.5) is 4.39 Å². The molecule has 2 aliphatic rings. The topological polar surface area (TPSA) is 6.48 Å². The van der Waals surface area contributed by atoms with E-state index in [4.69, 9.17) is 0 Å². The lowest BCUT2D eigenvalue weighted by molar-refractivity contribution is 0.0257. The molecule has 3 heteroatoms. The summed E-state index contributed by atoms with van der Waals surface area (Å²) in [6, 6.07) is 0.815. The molecule has 0 amide bonds. The molecule has 2 atom stereocenters. The van der Waals surface area contributed by atoms with Gasteiger partial charge >= 0.3 is 0 Å². The van der Waals surface area contributed by atoms with Crippen LogP contribution in [0.1, 0.15) is 71.6 Å². The van der Waals surface area contributed by atoms with Crippen molar-refractivity contribution in [1.82, 2.24) is 9.80 Å². The third-order valence-corrected chi connectivity index (χ3v) is 5.50. The van der Waals surface area contributed by atoms with Crippen LogP contribution in [0.15, 0.2) is 0 Å². The average Bonchev–Trinajstić information content (AvgIpc) is 2.87. The largest absolute Gasteiger partial charge is 0.300 e. The molecule has 0 aromatic heterocycles. The van der Waals surface area contributed by atoms with Crippen LogP contribution in [0.5, 0.6) is 0 Å². The van der Waals surface area contributed by atoms with E-state index < -0.39 is 6.17 Å². The Morgan fingerprint density at radius 3 is 2.36 bits per heavy atom. The van der Waals surface area contributed by atoms with E-state index in [0.29, 0.717) is 6.54 Å². The van der Waals surface area contributed by atoms with Gasteiger partial charge < -0.3 is 0 Å². The molecule has 2 aliphatic heterocycles. The molecule has 0 aromatic rings. The molecule has 0 saturated carbocycles. The van der Waals surface area contributed by atoms with E-state index in [1.54, 1.807) is 0 Å². The molecule has 0 aromatic carbocycles. The SMILES string of the molecule is CCCCCCCC(CCC)N1CC(CN2CC[C@@H](F)C2)C1. The average molecular weight is 313 g/mol. The Morgan fingerprint density at radius 2 is 1.73 bits per heavy atom. The van der Waals surface area contributed by atoms with Gasteiger partial charge in [0.1, 0.15) is 6.17 Å². The molecule has 22 heavy (non-hydrogen) atoms. The molecule has 0 bridgehead atoms. The Labute approximate surface area is 137 Å². The summed E-state index contributed by atoms with van der Waals surface area (Å²) >= 11 is 0. The third kappa shape index (κ3) is 5.81. The molecule has 2 fully saturated rings. The van der Waals surface area contributed by atoms with Gasteiger partial charge in [-0.2, -0.15) is 0 Å². The monoisotopic (exact) mass is 312 g/mol. The zero-order chi connectivity index (χ0) is 15.8. The maximum atomic E-state index is 13.2. The van der Waals surface area contributed by atoms with Crippen LogP contribution in [0.2, 0.25) is 0 Å². The van der Waals surface area contributed by atoms with Crippen LogP contribution in [-0.2, 0) is 0 Å². The van der Waals surface area contributed by atoms with Gasteiger partial charge in [-0.1, -0.05) is 52.4 Å². The normalized spacial score (nSPS) is 25.5. The molecule has 0 radical (unpaired) electrons. The molecule has 0 spiro atoms. The number of nitrogens with zero attached hydrogens (tertiary/aromatic N) is 2. The van der Waals surface area contributed by atoms with Crippen molar-refractivity contribution in [1.29, 1.82) is 0 Å². The van der Waals surface area contributed by atoms with Crippen LogP contribution in [0.3, 0.4) is 0 Å². The first-order valence-corrected chi connectivity index (χ1v) is 9.83. The Balaban J connectivity index is 1.60. The molecular formula is C19H37FN2. The Morgan fingerprint density at radius 1 is 0.955 bits per heavy atom. The lowest BCUT2D eigenvalue weighted by Gasteiger charge is -2.46. The summed E-state index contributed by atoms with van der Waals surface area (Å²) in [7, 11) is 0. The number of rotatable bonds is 11. The van der Waals surface area contributed by atoms with Gasteiger partial charge in [-0.05, 0) is 25.2 Å². The van der Waals surface area contributed by atoms with E-state index in [9.17, 15) is 4.39 Å². The second kappa shape index (κ2) is 9.87. The highest BCUT2D eigenvalue weighted by Crippen LogP contribution is 2.26. The molecule has 130 valence electrons. The van der Waals surface area contributed by atoms with E-state index >= 15 is 0 Å². The van der Waals surface area contributed by atoms with Gasteiger partial charge in [-0.25, -0.2) is 4.39 Å². The van der Waals surface area contributed by atoms with Gasteiger partial charge in [0.15, 0.2) is 0 Å². The first-order chi connectivity index (χ1) is 10.7. The summed E-state index contributed by atoms with van der Waals surface area (Å²) in [6.07, 6.45) is 11.2. The molecule has 0 aliphatic carbocycles. The van der Waals surface area contributed by atoms with E-state index in [1.165, 1.54) is 64.5 Å². The van der Waals surface area contributed by atoms with Crippen LogP contribution < -0.4 is 0 Å². The highest BCUT2D eigenvalue weighted by molar-refractivity contribution is 4.88. The summed E-state index contributed by atoms with van der Waals surface area (Å²) in [5.74, 6) is 0.796. The minimum atomic E-state index is -0.563. The Hall–Kier alpha value is -0.150. The van der Waals surface area contributed by atoms with Crippen molar-refractivity contribution in [2.75, 3.05) is 32.7 Å². The molecule has 0 N–H and O–H groups in total. The van der Waals surface area contributed by atoms with Gasteiger partial charge in [0.05, 0.1) is 0 Å². The second-order valence-corrected chi connectivity index (χ2v) is 7.61. The fourth-order valence-corrected chi connectivity index (χ4v) is 4.17. The van der Waals surface area contributed by atoms with Gasteiger partial charge in [0.2, 0.25) is 0 Å². The standard InChI is InChI=1S/C19H37FN2/c1-3-5-6-7-8-10-19(9-4-2)22-14-17(15-22)13-21-12-11-18(20)16-21/h17-19H,3-16H2,1-2H3/t18-,19?/m1/s1. The highest BCUT2D eigenvalue weighted by Gasteiger charge is 2.34. The fraction of sp³-hybridized carbons (Fsp3) is 1.00. The first-order valence-electron chi connectivity index (χ1n) is 9.83. The minimum absolute atomic E-state index is 0.563. The predicted octanol–water partition coefficient (Wildman–Crippen LogP) is 4.49. The lowest BCUT2D eigenvalue weighted by atomic mass is 9.92. The van der Waals surface area contributed by atoms with E-state index in [0.717, 1.165) is 31.5 Å². The van der Waals surface area contributed by atoms with Gasteiger partial charge in [-0.3, -0.25) is 9.80 Å². The van der Waals surface area contributed by atoms with Crippen molar-refractivity contribution in [3.05, 3.63) is 0 Å². The summed E-state index contributed by atoms with van der Waals surface area (Å²) in [4.78, 5) is 5.04. The van der Waals surface area contributed by atoms with Crippen LogP contribution >= 0.6 is 0 Å². The summed E-state index contributed by atoms with van der Waals surface area (Å²) in [5, 5.41) is 0. The summed E-state index contributed by atoms with van der Waals surface area (Å²) in [5.41, 5.74) is 0. The summed E-state index contributed by atoms with van der Waals surface area (Å²) in [6.45, 7) is 9.91. The van der Waals surface area contributed by atoms with Crippen LogP contribution in [0, 0.1) is 5.92 Å². The number of halogens is 1. The molecular weight excluding hydrogens is 275 g/mol. The van der Waals surface area contributed by atoms with E-state index in [2.05, 4.69) is 23.6 Å². The van der Waals surface area contributed by atoms with Crippen molar-refractivity contribution in [2.45, 2.75) is 83.8 Å². The second-order valence-electron chi connectivity index (χ2n) is 7.61. The first kappa shape index (κ1) is 18.2. The van der Waals surface area contributed by atoms with Gasteiger partial charge in [0, 0.05) is 38.8 Å². The predicted molar refractivity (Wildman–Crippen MR) is 93.1 cm³/mol. The maximum absolute atomic E-state index is 13.2. The maximum Gasteiger partial charge on any atom is 0.114 e. The zero-order valence-corrected chi connectivity index (χ0v) is 14.9. The third-order valence-electron chi connectivity index (χ3n) is 5.50. The van der Waals surface area contributed by atoms with Crippen molar-refractivity contribution in [2.24, 2.45) is 5.92 Å². The van der Waals surface area contributed by atoms with Gasteiger partial charge in [-0.15, -0.1) is 0 Å². The molecule has 2 saturated heterocycles. The summed E-state index contributed by atoms with van der Waals surface area (Å²) < 4.78 is 13.2. The number of likely N-dealkylation sites (tertiary alicyclic amines) is 2. The van der Waals surface area contributed by atoms with Crippen molar-refractivity contribution in [3.8, 4) is 0 Å². The van der Waals surface area contributed by atoms with Crippen molar-refractivity contribution >= 4 is 0 Å². The lowest BCUT2D eigenvalue weighted by Crippen LogP contribution is -2.55. The zero-order valence-electron chi connectivity index (χ0n) is 14.9. The highest BCUT2D eigenvalue weighted by atomic mass is 19.1. The van der Waals surface area contributed by atoms with Crippen LogP contribution in [0.25, 0.3) is 0 Å². The van der Waals surface area contributed by atoms with Crippen LogP contribution in [-0.4, -0.2) is 54.7 Å². The number of hydrogen-bond donors (Lipinski definition) is 0. The fourth-order valence-electron chi connectivity index (χ4n) is 4.17.